The van der Waals surface area contributed by atoms with Gasteiger partial charge in [0.25, 0.3) is 12.6 Å². The molecule has 1 rings (SSSR count). The van der Waals surface area contributed by atoms with E-state index in [2.05, 4.69) is 5.32 Å². The summed E-state index contributed by atoms with van der Waals surface area (Å²) in [5, 5.41) is 11.8. The molecule has 0 fully saturated rings. The largest absolute Gasteiger partial charge is 0.481 e. The maximum atomic E-state index is 12.0. The van der Waals surface area contributed by atoms with Gasteiger partial charge in [-0.25, -0.2) is 4.79 Å². The molecule has 0 saturated heterocycles. The standard InChI is InChI=1S/C19H29N3O5/c1-14(2)9-19(3,10-16(23)24)12-20-18(26)27-13-22-8-6-7-15(11-22)17(25)21(4)5/h6-8,11,14H,9-10,12-13H2,1-5H3,(H-,20,23,24,26)/p+1. The quantitative estimate of drug-likeness (QED) is 0.637. The van der Waals surface area contributed by atoms with Crippen LogP contribution in [-0.4, -0.2) is 48.6 Å². The van der Waals surface area contributed by atoms with Crippen LogP contribution < -0.4 is 9.88 Å². The van der Waals surface area contributed by atoms with Crippen LogP contribution in [0.3, 0.4) is 0 Å². The Bertz CT molecular complexity index is 675. The van der Waals surface area contributed by atoms with Crippen LogP contribution in [0.1, 0.15) is 44.0 Å². The summed E-state index contributed by atoms with van der Waals surface area (Å²) in [7, 11) is 3.32. The first-order valence-corrected chi connectivity index (χ1v) is 8.85. The third kappa shape index (κ3) is 8.06. The fraction of sp³-hybridized carbons (Fsp3) is 0.579. The van der Waals surface area contributed by atoms with Crippen molar-refractivity contribution in [3.63, 3.8) is 0 Å². The Morgan fingerprint density at radius 1 is 1.33 bits per heavy atom. The number of pyridine rings is 1. The van der Waals surface area contributed by atoms with Crippen molar-refractivity contribution >= 4 is 18.0 Å². The minimum Gasteiger partial charge on any atom is -0.481 e. The van der Waals surface area contributed by atoms with Crippen LogP contribution in [0.4, 0.5) is 4.79 Å². The minimum absolute atomic E-state index is 0.0328. The van der Waals surface area contributed by atoms with E-state index in [-0.39, 0.29) is 25.6 Å². The first-order valence-electron chi connectivity index (χ1n) is 8.85. The van der Waals surface area contributed by atoms with Gasteiger partial charge in [0.15, 0.2) is 12.4 Å². The Balaban J connectivity index is 2.61. The summed E-state index contributed by atoms with van der Waals surface area (Å²) in [6.07, 6.45) is 3.29. The van der Waals surface area contributed by atoms with Crippen LogP contribution in [0, 0.1) is 11.3 Å². The second kappa shape index (κ2) is 9.89. The van der Waals surface area contributed by atoms with Crippen LogP contribution in [0.25, 0.3) is 0 Å². The summed E-state index contributed by atoms with van der Waals surface area (Å²) in [6, 6.07) is 3.38. The van der Waals surface area contributed by atoms with Crippen molar-refractivity contribution in [1.29, 1.82) is 0 Å². The predicted molar refractivity (Wildman–Crippen MR) is 99.0 cm³/mol. The van der Waals surface area contributed by atoms with E-state index >= 15 is 0 Å². The van der Waals surface area contributed by atoms with Gasteiger partial charge in [-0.2, -0.15) is 4.57 Å². The molecule has 1 aromatic heterocycles. The van der Waals surface area contributed by atoms with Gasteiger partial charge in [0.1, 0.15) is 5.56 Å². The molecule has 8 nitrogen and oxygen atoms in total. The molecule has 0 spiro atoms. The van der Waals surface area contributed by atoms with Crippen molar-refractivity contribution in [2.45, 2.75) is 40.3 Å². The molecule has 0 aliphatic heterocycles. The number of rotatable bonds is 9. The summed E-state index contributed by atoms with van der Waals surface area (Å²) < 4.78 is 6.75. The van der Waals surface area contributed by atoms with Crippen LogP contribution in [-0.2, 0) is 16.3 Å². The first kappa shape index (κ1) is 22.4. The van der Waals surface area contributed by atoms with Crippen molar-refractivity contribution in [2.24, 2.45) is 11.3 Å². The van der Waals surface area contributed by atoms with E-state index in [0.717, 1.165) is 0 Å². The molecule has 2 amide bonds. The molecular formula is C19H30N3O5+. The molecule has 0 aromatic carbocycles. The summed E-state index contributed by atoms with van der Waals surface area (Å²) in [6.45, 7) is 6.01. The number of aromatic nitrogens is 1. The van der Waals surface area contributed by atoms with E-state index in [4.69, 9.17) is 9.84 Å². The van der Waals surface area contributed by atoms with Crippen molar-refractivity contribution in [3.8, 4) is 0 Å². The third-order valence-corrected chi connectivity index (χ3v) is 3.99. The highest BCUT2D eigenvalue weighted by atomic mass is 16.6. The minimum atomic E-state index is -0.897. The van der Waals surface area contributed by atoms with Crippen LogP contribution in [0.5, 0.6) is 0 Å². The van der Waals surface area contributed by atoms with Crippen molar-refractivity contribution in [1.82, 2.24) is 10.2 Å². The topological polar surface area (TPSA) is 99.8 Å². The second-order valence-corrected chi connectivity index (χ2v) is 7.70. The number of hydrogen-bond donors (Lipinski definition) is 2. The summed E-state index contributed by atoms with van der Waals surface area (Å²) in [4.78, 5) is 36.5. The maximum absolute atomic E-state index is 12.0. The highest BCUT2D eigenvalue weighted by molar-refractivity contribution is 5.93. The van der Waals surface area contributed by atoms with Gasteiger partial charge in [-0.3, -0.25) is 9.59 Å². The lowest BCUT2D eigenvalue weighted by molar-refractivity contribution is -0.727. The van der Waals surface area contributed by atoms with Crippen LogP contribution in [0.15, 0.2) is 24.5 Å². The molecule has 0 aliphatic carbocycles. The average Bonchev–Trinajstić information content (AvgIpc) is 2.56. The Morgan fingerprint density at radius 2 is 2.00 bits per heavy atom. The predicted octanol–water partition coefficient (Wildman–Crippen LogP) is 1.89. The number of nitrogens with zero attached hydrogens (tertiary/aromatic N) is 2. The zero-order chi connectivity index (χ0) is 20.6. The number of carboxylic acid groups (broad SMARTS) is 1. The van der Waals surface area contributed by atoms with Gasteiger partial charge in [0, 0.05) is 26.7 Å². The molecule has 1 unspecified atom stereocenters. The molecule has 0 saturated carbocycles. The smallest absolute Gasteiger partial charge is 0.412 e. The third-order valence-electron chi connectivity index (χ3n) is 3.99. The number of carbonyl (C=O) groups is 3. The zero-order valence-corrected chi connectivity index (χ0v) is 16.7. The molecule has 27 heavy (non-hydrogen) atoms. The normalized spacial score (nSPS) is 13.0. The molecule has 0 aliphatic rings. The molecule has 150 valence electrons. The van der Waals surface area contributed by atoms with E-state index in [1.54, 1.807) is 43.2 Å². The lowest BCUT2D eigenvalue weighted by Gasteiger charge is -2.29. The van der Waals surface area contributed by atoms with Gasteiger partial charge >= 0.3 is 12.1 Å². The molecule has 0 radical (unpaired) electrons. The number of ether oxygens (including phenoxy) is 1. The number of hydrogen-bond acceptors (Lipinski definition) is 4. The fourth-order valence-corrected chi connectivity index (χ4v) is 3.01. The van der Waals surface area contributed by atoms with Gasteiger partial charge < -0.3 is 20.1 Å². The summed E-state index contributed by atoms with van der Waals surface area (Å²) >= 11 is 0. The summed E-state index contributed by atoms with van der Waals surface area (Å²) in [5.74, 6) is -0.738. The van der Waals surface area contributed by atoms with Gasteiger partial charge in [0.05, 0.1) is 6.42 Å². The van der Waals surface area contributed by atoms with E-state index in [0.29, 0.717) is 17.9 Å². The van der Waals surface area contributed by atoms with E-state index < -0.39 is 17.5 Å². The maximum Gasteiger partial charge on any atom is 0.412 e. The van der Waals surface area contributed by atoms with Crippen LogP contribution in [0.2, 0.25) is 0 Å². The van der Waals surface area contributed by atoms with E-state index in [1.807, 2.05) is 20.8 Å². The highest BCUT2D eigenvalue weighted by Crippen LogP contribution is 2.29. The summed E-state index contributed by atoms with van der Waals surface area (Å²) in [5.41, 5.74) is -0.0676. The van der Waals surface area contributed by atoms with Crippen molar-refractivity contribution in [2.75, 3.05) is 20.6 Å². The highest BCUT2D eigenvalue weighted by Gasteiger charge is 2.29. The average molecular weight is 380 g/mol. The lowest BCUT2D eigenvalue weighted by atomic mass is 9.79. The van der Waals surface area contributed by atoms with Crippen molar-refractivity contribution < 1.29 is 28.8 Å². The monoisotopic (exact) mass is 380 g/mol. The van der Waals surface area contributed by atoms with Crippen molar-refractivity contribution in [3.05, 3.63) is 30.1 Å². The fourth-order valence-electron chi connectivity index (χ4n) is 3.01. The second-order valence-electron chi connectivity index (χ2n) is 7.70. The molecule has 8 heteroatoms. The number of carbonyl (C=O) groups excluding carboxylic acids is 2. The molecule has 1 atom stereocenters. The first-order chi connectivity index (χ1) is 12.5. The lowest BCUT2D eigenvalue weighted by Crippen LogP contribution is -2.42. The van der Waals surface area contributed by atoms with Gasteiger partial charge in [-0.1, -0.05) is 20.8 Å². The number of alkyl carbamates (subject to hydrolysis) is 1. The van der Waals surface area contributed by atoms with Gasteiger partial charge in [-0.05, 0) is 23.8 Å². The van der Waals surface area contributed by atoms with Gasteiger partial charge in [0.2, 0.25) is 0 Å². The Labute approximate surface area is 160 Å². The number of aliphatic carboxylic acids is 1. The Morgan fingerprint density at radius 3 is 2.56 bits per heavy atom. The van der Waals surface area contributed by atoms with Crippen LogP contribution >= 0.6 is 0 Å². The molecule has 1 heterocycles. The molecule has 2 N–H and O–H groups in total. The number of amides is 2. The molecule has 0 bridgehead atoms. The Kier molecular flexibility index (Phi) is 8.21. The molecule has 1 aromatic rings. The zero-order valence-electron chi connectivity index (χ0n) is 16.7. The number of carboxylic acids is 1. The van der Waals surface area contributed by atoms with Gasteiger partial charge in [-0.15, -0.1) is 0 Å². The molecular weight excluding hydrogens is 350 g/mol. The number of nitrogens with one attached hydrogen (secondary N) is 1. The SMILES string of the molecule is CC(C)CC(C)(CNC(=O)OC[n+]1cccc(C(=O)N(C)C)c1)CC(=O)O. The Hall–Kier alpha value is -2.64. The van der Waals surface area contributed by atoms with E-state index in [9.17, 15) is 14.4 Å². The van der Waals surface area contributed by atoms with E-state index in [1.165, 1.54) is 4.90 Å².